The summed E-state index contributed by atoms with van der Waals surface area (Å²) in [7, 11) is 0. The maximum Gasteiger partial charge on any atom is 0.0647 e. The third-order valence-corrected chi connectivity index (χ3v) is 28.7. The summed E-state index contributed by atoms with van der Waals surface area (Å²) in [6.07, 6.45) is 4.86. The van der Waals surface area contributed by atoms with E-state index in [1.807, 2.05) is 34.8 Å². The van der Waals surface area contributed by atoms with Crippen molar-refractivity contribution in [1.82, 2.24) is 0 Å². The van der Waals surface area contributed by atoms with Gasteiger partial charge in [0, 0.05) is 92.6 Å². The third-order valence-electron chi connectivity index (χ3n) is 26.6. The first-order valence-corrected chi connectivity index (χ1v) is 47.6. The predicted molar refractivity (Wildman–Crippen MR) is 559 cm³/mol. The first-order valence-electron chi connectivity index (χ1n) is 45.4. The quantitative estimate of drug-likeness (QED) is 0.124. The second kappa shape index (κ2) is 35.2. The van der Waals surface area contributed by atoms with Gasteiger partial charge in [-0.3, -0.25) is 0 Å². The molecule has 0 saturated carbocycles. The van der Waals surface area contributed by atoms with Gasteiger partial charge in [0.05, 0.1) is 17.1 Å². The summed E-state index contributed by atoms with van der Waals surface area (Å²) in [4.78, 5) is 7.29. The van der Waals surface area contributed by atoms with Crippen LogP contribution in [0.25, 0.3) is 42.4 Å². The summed E-state index contributed by atoms with van der Waals surface area (Å²) < 4.78 is 2.72. The van der Waals surface area contributed by atoms with E-state index in [1.54, 1.807) is 0 Å². The molecule has 0 bridgehead atoms. The zero-order valence-electron chi connectivity index (χ0n) is 80.3. The fraction of sp³-hybridized carbons (Fsp3) is 0.361. The highest BCUT2D eigenvalue weighted by molar-refractivity contribution is 7.18. The lowest BCUT2D eigenvalue weighted by molar-refractivity contribution is 0.332. The Morgan fingerprint density at radius 2 is 0.603 bits per heavy atom. The van der Waals surface area contributed by atoms with E-state index >= 15 is 0 Å². The molecule has 0 spiro atoms. The number of thiophene rings is 2. The van der Waals surface area contributed by atoms with Gasteiger partial charge in [-0.2, -0.15) is 0 Å². The number of aryl methyl sites for hydroxylation is 2. The normalized spacial score (nSPS) is 14.8. The van der Waals surface area contributed by atoms with Gasteiger partial charge in [-0.1, -0.05) is 320 Å². The van der Waals surface area contributed by atoms with Crippen LogP contribution in [0, 0.1) is 13.8 Å². The van der Waals surface area contributed by atoms with Gasteiger partial charge in [0.1, 0.15) is 0 Å². The van der Waals surface area contributed by atoms with E-state index in [0.29, 0.717) is 0 Å². The molecular formula is C119H141ClN4S2. The van der Waals surface area contributed by atoms with Gasteiger partial charge in [0.2, 0.25) is 0 Å². The Labute approximate surface area is 772 Å². The molecule has 4 nitrogen and oxygen atoms in total. The van der Waals surface area contributed by atoms with Crippen LogP contribution in [0.5, 0.6) is 0 Å². The molecular weight excluding hydrogens is 1580 g/mol. The van der Waals surface area contributed by atoms with Gasteiger partial charge in [0.25, 0.3) is 0 Å². The highest BCUT2D eigenvalue weighted by Gasteiger charge is 2.40. The molecule has 0 saturated heterocycles. The first kappa shape index (κ1) is 93.7. The molecule has 0 amide bonds. The van der Waals surface area contributed by atoms with Gasteiger partial charge in [0.15, 0.2) is 0 Å². The van der Waals surface area contributed by atoms with E-state index in [1.165, 1.54) is 146 Å². The Hall–Kier alpha value is -9.95. The van der Waals surface area contributed by atoms with E-state index < -0.39 is 0 Å². The molecule has 12 aromatic carbocycles. The summed E-state index contributed by atoms with van der Waals surface area (Å²) in [6, 6.07) is 95.4. The number of rotatable bonds is 13. The second-order valence-corrected chi connectivity index (χ2v) is 46.9. The minimum Gasteiger partial charge on any atom is -0.354 e. The average molecular weight is 1730 g/mol. The van der Waals surface area contributed by atoms with Crippen LogP contribution >= 0.6 is 34.3 Å². The fourth-order valence-electron chi connectivity index (χ4n) is 18.2. The molecule has 0 unspecified atom stereocenters. The molecule has 126 heavy (non-hydrogen) atoms. The van der Waals surface area contributed by atoms with Crippen LogP contribution in [0.1, 0.15) is 280 Å². The number of nitrogens with zero attached hydrogens (tertiary/aromatic N) is 3. The van der Waals surface area contributed by atoms with E-state index in [0.717, 1.165) is 56.1 Å². The minimum absolute atomic E-state index is 0. The van der Waals surface area contributed by atoms with E-state index in [4.69, 9.17) is 11.6 Å². The maximum atomic E-state index is 6.41. The molecule has 0 atom stereocenters. The maximum absolute atomic E-state index is 6.41. The number of nitrogens with one attached hydrogen (secondary N) is 1. The number of hydrogen-bond acceptors (Lipinski definition) is 6. The lowest BCUT2D eigenvalue weighted by Gasteiger charge is -2.42. The Bertz CT molecular complexity index is 6050. The van der Waals surface area contributed by atoms with Crippen molar-refractivity contribution in [3.63, 3.8) is 0 Å². The fourth-order valence-corrected chi connectivity index (χ4v) is 20.3. The number of halogens is 1. The van der Waals surface area contributed by atoms with Crippen molar-refractivity contribution in [2.75, 3.05) is 20.0 Å². The number of anilines is 11. The van der Waals surface area contributed by atoms with Crippen molar-refractivity contribution >= 4 is 117 Å². The van der Waals surface area contributed by atoms with Crippen LogP contribution in [0.4, 0.5) is 62.6 Å². The van der Waals surface area contributed by atoms with Crippen molar-refractivity contribution in [2.24, 2.45) is 0 Å². The third kappa shape index (κ3) is 20.3. The van der Waals surface area contributed by atoms with Gasteiger partial charge in [-0.25, -0.2) is 0 Å². The van der Waals surface area contributed by atoms with Crippen LogP contribution in [0.3, 0.4) is 0 Å². The number of hydrogen-bond donors (Lipinski definition) is 1. The van der Waals surface area contributed by atoms with Crippen molar-refractivity contribution < 1.29 is 0 Å². The molecule has 2 aromatic heterocycles. The van der Waals surface area contributed by atoms with Gasteiger partial charge < -0.3 is 20.0 Å². The zero-order valence-corrected chi connectivity index (χ0v) is 82.7. The van der Waals surface area contributed by atoms with Crippen LogP contribution < -0.4 is 20.0 Å². The molecule has 656 valence electrons. The predicted octanol–water partition coefficient (Wildman–Crippen LogP) is 37.4. The molecule has 2 aliphatic rings. The Kier molecular flexibility index (Phi) is 26.2. The SMILES string of the molecule is C.CC(C)(C)c1ccc(Nc2csc3cc4c(cc23)C(C)(C)CCC4(C)C)c(-c2ccccc2)c1.Cc1cc(Cl)cc(N(c2ccc(C(C)(C)C)cc2)c2ccc(C(C)(C)C)cc2)c1.Cc1cc(N(c2ccc(C(C)(C)C)cc2)c2ccc(C(C)(C)C)cc2)cc(N(c2ccc(C(C)(C)C)cc2-c2ccccc2)c2csc3cc4c(cc23)C(C)(C)CCC4(C)C)c1. The standard InChI is InChI=1S/C59H68N2S.C32H37NS.C27H32ClN.CH4/c1-39-32-46(60(44-25-20-41(21-26-44)55(2,3)4)45-27-22-42(23-28-45)56(5,6)7)35-47(33-39)61(52-29-24-43(57(8,9)10)34-48(52)40-18-16-15-17-19-40)53-38-62-54-37-51-50(36-49(53)54)58(11,12)30-31-59(51,13)14;1-30(2,3)22-13-14-27(23(17-22)21-11-9-8-10-12-21)33-28-20-34-29-19-26-25(18-24(28)29)31(4,5)15-16-32(26,6)7;1-19-16-22(28)18-25(17-19)29(23-12-8-20(9-13-23)26(2,3)4)24-14-10-21(11-15-24)27(5,6)7;/h15-29,32-38H,30-31H2,1-14H3;8-14,17-20,33H,15-16H2,1-7H3;8-18H,1-7H3;1H4. The van der Waals surface area contributed by atoms with Gasteiger partial charge in [-0.05, 0) is 305 Å². The minimum atomic E-state index is -0.0124. The van der Waals surface area contributed by atoms with Gasteiger partial charge >= 0.3 is 0 Å². The summed E-state index contributed by atoms with van der Waals surface area (Å²) in [5.74, 6) is 0. The Morgan fingerprint density at radius 1 is 0.286 bits per heavy atom. The van der Waals surface area contributed by atoms with Crippen molar-refractivity contribution in [2.45, 2.75) is 281 Å². The Morgan fingerprint density at radius 3 is 0.992 bits per heavy atom. The smallest absolute Gasteiger partial charge is 0.0647 e. The van der Waals surface area contributed by atoms with Gasteiger partial charge in [-0.15, -0.1) is 22.7 Å². The van der Waals surface area contributed by atoms with E-state index in [9.17, 15) is 0 Å². The van der Waals surface area contributed by atoms with Crippen LogP contribution in [-0.4, -0.2) is 0 Å². The van der Waals surface area contributed by atoms with Crippen molar-refractivity contribution in [1.29, 1.82) is 0 Å². The summed E-state index contributed by atoms with van der Waals surface area (Å²) >= 11 is 10.1. The molecule has 0 fully saturated rings. The number of benzene rings is 12. The molecule has 14 aromatic rings. The van der Waals surface area contributed by atoms with Crippen LogP contribution in [-0.2, 0) is 54.1 Å². The summed E-state index contributed by atoms with van der Waals surface area (Å²) in [6.45, 7) is 64.7. The molecule has 2 heterocycles. The highest BCUT2D eigenvalue weighted by Crippen LogP contribution is 2.55. The summed E-state index contributed by atoms with van der Waals surface area (Å²) in [5.41, 5.74) is 35.1. The highest BCUT2D eigenvalue weighted by atomic mass is 35.5. The lowest BCUT2D eigenvalue weighted by Crippen LogP contribution is -2.33. The monoisotopic (exact) mass is 1730 g/mol. The van der Waals surface area contributed by atoms with Crippen molar-refractivity contribution in [3.05, 3.63) is 337 Å². The molecule has 2 aliphatic carbocycles. The molecule has 16 rings (SSSR count). The molecule has 0 aliphatic heterocycles. The molecule has 1 N–H and O–H groups in total. The van der Waals surface area contributed by atoms with Crippen molar-refractivity contribution in [3.8, 4) is 22.3 Å². The summed E-state index contributed by atoms with van der Waals surface area (Å²) in [5, 5.41) is 12.0. The average Bonchev–Trinajstić information content (AvgIpc) is 1.46. The molecule has 7 heteroatoms. The Balaban J connectivity index is 0.000000178. The number of fused-ring (bicyclic) bond motifs is 4. The first-order chi connectivity index (χ1) is 58.4. The second-order valence-electron chi connectivity index (χ2n) is 44.7. The van der Waals surface area contributed by atoms with E-state index in [-0.39, 0.29) is 61.6 Å². The zero-order chi connectivity index (χ0) is 90.3. The lowest BCUT2D eigenvalue weighted by atomic mass is 9.63. The van der Waals surface area contributed by atoms with E-state index in [2.05, 4.69) is 467 Å². The topological polar surface area (TPSA) is 21.8 Å². The van der Waals surface area contributed by atoms with Crippen LogP contribution in [0.2, 0.25) is 5.02 Å². The van der Waals surface area contributed by atoms with Crippen LogP contribution in [0.15, 0.2) is 266 Å². The largest absolute Gasteiger partial charge is 0.354 e. The molecule has 0 radical (unpaired) electrons.